The largest absolute Gasteiger partial charge is 0.396 e. The van der Waals surface area contributed by atoms with Gasteiger partial charge in [0.25, 0.3) is 0 Å². The van der Waals surface area contributed by atoms with Gasteiger partial charge in [-0.3, -0.25) is 4.79 Å². The quantitative estimate of drug-likeness (QED) is 0.455. The maximum Gasteiger partial charge on any atom is 0.171 e. The third-order valence-electron chi connectivity index (χ3n) is 7.02. The van der Waals surface area contributed by atoms with Gasteiger partial charge < -0.3 is 29.5 Å². The van der Waals surface area contributed by atoms with E-state index in [1.54, 1.807) is 14.0 Å². The Morgan fingerprint density at radius 2 is 1.96 bits per heavy atom. The molecule has 0 aromatic rings. The van der Waals surface area contributed by atoms with Gasteiger partial charge in [-0.05, 0) is 25.7 Å². The highest BCUT2D eigenvalue weighted by molar-refractivity contribution is 5.82. The summed E-state index contributed by atoms with van der Waals surface area (Å²) < 4.78 is 15.9. The summed E-state index contributed by atoms with van der Waals surface area (Å²) in [6.45, 7) is 7.45. The summed E-state index contributed by atoms with van der Waals surface area (Å²) in [4.78, 5) is 12.6. The first kappa shape index (κ1) is 21.7. The molecule has 0 bridgehead atoms. The molecule has 152 valence electrons. The van der Waals surface area contributed by atoms with Crippen molar-refractivity contribution >= 4 is 5.78 Å². The molecule has 1 saturated heterocycles. The first-order valence-corrected chi connectivity index (χ1v) is 9.34. The Balaban J connectivity index is 2.41. The van der Waals surface area contributed by atoms with Crippen molar-refractivity contribution in [3.05, 3.63) is 0 Å². The summed E-state index contributed by atoms with van der Waals surface area (Å²) >= 11 is 0. The summed E-state index contributed by atoms with van der Waals surface area (Å²) in [5.74, 6) is -2.67. The monoisotopic (exact) mass is 374 g/mol. The Bertz CT molecular complexity index is 504. The number of hydrogen-bond acceptors (Lipinski definition) is 7. The van der Waals surface area contributed by atoms with Gasteiger partial charge in [0.1, 0.15) is 12.6 Å². The molecule has 1 aliphatic carbocycles. The van der Waals surface area contributed by atoms with E-state index in [0.29, 0.717) is 19.4 Å². The van der Waals surface area contributed by atoms with Crippen LogP contribution in [0.4, 0.5) is 0 Å². The Morgan fingerprint density at radius 3 is 2.54 bits per heavy atom. The topological polar surface area (TPSA) is 105 Å². The molecule has 3 N–H and O–H groups in total. The minimum Gasteiger partial charge on any atom is -0.396 e. The van der Waals surface area contributed by atoms with Gasteiger partial charge in [-0.1, -0.05) is 20.8 Å². The first-order chi connectivity index (χ1) is 12.1. The molecule has 0 spiro atoms. The van der Waals surface area contributed by atoms with Crippen LogP contribution in [0.25, 0.3) is 0 Å². The van der Waals surface area contributed by atoms with Crippen LogP contribution in [-0.4, -0.2) is 60.3 Å². The molecule has 2 aliphatic rings. The first-order valence-electron chi connectivity index (χ1n) is 9.34. The number of ether oxygens (including phenoxy) is 3. The zero-order chi connectivity index (χ0) is 19.8. The number of fused-ring (bicyclic) bond motifs is 1. The molecule has 0 aromatic carbocycles. The number of carbonyl (C=O) groups excluding carboxylic acids is 1. The number of hydrogen-bond donors (Lipinski definition) is 3. The summed E-state index contributed by atoms with van der Waals surface area (Å²) in [5.41, 5.74) is -1.60. The van der Waals surface area contributed by atoms with Crippen LogP contribution in [0.1, 0.15) is 47.0 Å². The fraction of sp³-hybridized carbons (Fsp3) is 0.947. The highest BCUT2D eigenvalue weighted by Crippen LogP contribution is 2.63. The van der Waals surface area contributed by atoms with E-state index < -0.39 is 28.8 Å². The van der Waals surface area contributed by atoms with Gasteiger partial charge in [0.2, 0.25) is 0 Å². The molecular weight excluding hydrogens is 340 g/mol. The fourth-order valence-electron chi connectivity index (χ4n) is 5.04. The van der Waals surface area contributed by atoms with E-state index in [4.69, 9.17) is 14.2 Å². The SMILES string of the molecule is COCOCCC[C@@]12[C@@H](O)O[C@@](C)(O)C(C)(C)[C@@H]1CC(=O)[C@H](C)[C@@H]2CO. The second kappa shape index (κ2) is 7.81. The maximum absolute atomic E-state index is 12.6. The van der Waals surface area contributed by atoms with Gasteiger partial charge in [-0.15, -0.1) is 0 Å². The summed E-state index contributed by atoms with van der Waals surface area (Å²) in [5, 5.41) is 31.9. The average Bonchev–Trinajstić information content (AvgIpc) is 2.55. The van der Waals surface area contributed by atoms with Gasteiger partial charge in [0.05, 0.1) is 0 Å². The molecule has 7 heteroatoms. The van der Waals surface area contributed by atoms with Gasteiger partial charge in [0.15, 0.2) is 12.1 Å². The van der Waals surface area contributed by atoms with Gasteiger partial charge in [-0.25, -0.2) is 0 Å². The van der Waals surface area contributed by atoms with Crippen LogP contribution in [0.2, 0.25) is 0 Å². The zero-order valence-electron chi connectivity index (χ0n) is 16.5. The van der Waals surface area contributed by atoms with Gasteiger partial charge >= 0.3 is 0 Å². The Morgan fingerprint density at radius 1 is 1.31 bits per heavy atom. The van der Waals surface area contributed by atoms with E-state index in [1.807, 2.05) is 13.8 Å². The van der Waals surface area contributed by atoms with Crippen LogP contribution in [-0.2, 0) is 19.0 Å². The molecule has 2 fully saturated rings. The van der Waals surface area contributed by atoms with Crippen LogP contribution >= 0.6 is 0 Å². The molecule has 1 heterocycles. The molecule has 26 heavy (non-hydrogen) atoms. The van der Waals surface area contributed by atoms with Crippen molar-refractivity contribution in [1.82, 2.24) is 0 Å². The Labute approximate surface area is 155 Å². The highest BCUT2D eigenvalue weighted by atomic mass is 16.7. The lowest BCUT2D eigenvalue weighted by atomic mass is 9.46. The standard InChI is InChI=1S/C19H34O7/c1-12-13(10-20)19(7-6-8-25-11-24-5)15(9-14(12)21)17(2,3)18(4,23)26-16(19)22/h12-13,15-16,20,22-23H,6-11H2,1-5H3/t12-,13+,15+,16+,18-,19+/m1/s1. The van der Waals surface area contributed by atoms with Crippen LogP contribution in [0.5, 0.6) is 0 Å². The fourth-order valence-corrected chi connectivity index (χ4v) is 5.04. The minimum atomic E-state index is -1.58. The molecular formula is C19H34O7. The number of aliphatic hydroxyl groups excluding tert-OH is 2. The summed E-state index contributed by atoms with van der Waals surface area (Å²) in [7, 11) is 1.55. The molecule has 6 atom stereocenters. The number of Topliss-reactive ketones (excluding diaryl/α,β-unsaturated/α-hetero) is 1. The molecule has 0 aromatic heterocycles. The van der Waals surface area contributed by atoms with Crippen molar-refractivity contribution in [3.8, 4) is 0 Å². The normalized spacial score (nSPS) is 42.5. The Kier molecular flexibility index (Phi) is 6.53. The summed E-state index contributed by atoms with van der Waals surface area (Å²) in [6, 6.07) is 0. The number of ketones is 1. The number of carbonyl (C=O) groups is 1. The molecule has 2 rings (SSSR count). The van der Waals surface area contributed by atoms with Gasteiger partial charge in [-0.2, -0.15) is 0 Å². The number of methoxy groups -OCH3 is 1. The average molecular weight is 374 g/mol. The van der Waals surface area contributed by atoms with Crippen molar-refractivity contribution in [2.45, 2.75) is 59.0 Å². The number of rotatable bonds is 7. The highest BCUT2D eigenvalue weighted by Gasteiger charge is 2.68. The third-order valence-corrected chi connectivity index (χ3v) is 7.02. The molecule has 7 nitrogen and oxygen atoms in total. The maximum atomic E-state index is 12.6. The summed E-state index contributed by atoms with van der Waals surface area (Å²) in [6.07, 6.45) is 0.117. The lowest BCUT2D eigenvalue weighted by Gasteiger charge is -2.64. The van der Waals surface area contributed by atoms with Crippen molar-refractivity contribution in [2.24, 2.45) is 28.6 Å². The number of aliphatic hydroxyl groups is 3. The van der Waals surface area contributed by atoms with Crippen LogP contribution < -0.4 is 0 Å². The van der Waals surface area contributed by atoms with Crippen molar-refractivity contribution in [1.29, 1.82) is 0 Å². The minimum absolute atomic E-state index is 0.0540. The van der Waals surface area contributed by atoms with Crippen molar-refractivity contribution in [2.75, 3.05) is 27.1 Å². The van der Waals surface area contributed by atoms with Gasteiger partial charge in [0, 0.05) is 49.4 Å². The van der Waals surface area contributed by atoms with E-state index in [-0.39, 0.29) is 37.4 Å². The van der Waals surface area contributed by atoms with E-state index in [9.17, 15) is 20.1 Å². The zero-order valence-corrected chi connectivity index (χ0v) is 16.5. The molecule has 0 radical (unpaired) electrons. The second-order valence-corrected chi connectivity index (χ2v) is 8.51. The van der Waals surface area contributed by atoms with E-state index in [2.05, 4.69) is 0 Å². The van der Waals surface area contributed by atoms with Crippen molar-refractivity contribution in [3.63, 3.8) is 0 Å². The lowest BCUT2D eigenvalue weighted by Crippen LogP contribution is -2.70. The van der Waals surface area contributed by atoms with Crippen LogP contribution in [0.15, 0.2) is 0 Å². The van der Waals surface area contributed by atoms with E-state index in [1.165, 1.54) is 6.92 Å². The molecule has 0 amide bonds. The third kappa shape index (κ3) is 3.34. The van der Waals surface area contributed by atoms with Crippen LogP contribution in [0.3, 0.4) is 0 Å². The van der Waals surface area contributed by atoms with E-state index in [0.717, 1.165) is 0 Å². The molecule has 0 unspecified atom stereocenters. The lowest BCUT2D eigenvalue weighted by molar-refractivity contribution is -0.412. The van der Waals surface area contributed by atoms with Crippen molar-refractivity contribution < 1.29 is 34.3 Å². The van der Waals surface area contributed by atoms with Crippen LogP contribution in [0, 0.1) is 28.6 Å². The smallest absolute Gasteiger partial charge is 0.171 e. The predicted molar refractivity (Wildman–Crippen MR) is 93.8 cm³/mol. The van der Waals surface area contributed by atoms with E-state index >= 15 is 0 Å². The molecule has 1 aliphatic heterocycles. The predicted octanol–water partition coefficient (Wildman–Crippen LogP) is 1.29. The molecule has 1 saturated carbocycles. The Hall–Kier alpha value is -0.570. The second-order valence-electron chi connectivity index (χ2n) is 8.51.